The van der Waals surface area contributed by atoms with Crippen molar-refractivity contribution >= 4 is 17.5 Å². The first kappa shape index (κ1) is 15.0. The number of carbonyl (C=O) groups excluding carboxylic acids is 1. The Kier molecular flexibility index (Phi) is 3.45. The third-order valence-corrected chi connectivity index (χ3v) is 4.34. The van der Waals surface area contributed by atoms with Gasteiger partial charge < -0.3 is 19.5 Å². The highest BCUT2D eigenvalue weighted by atomic mass is 16.8. The van der Waals surface area contributed by atoms with Crippen LogP contribution in [0.1, 0.15) is 28.4 Å². The number of hydrogen-bond donors (Lipinski definition) is 1. The van der Waals surface area contributed by atoms with Crippen molar-refractivity contribution in [2.45, 2.75) is 25.4 Å². The van der Waals surface area contributed by atoms with Crippen LogP contribution >= 0.6 is 0 Å². The van der Waals surface area contributed by atoms with Gasteiger partial charge in [-0.05, 0) is 36.2 Å². The first-order valence-corrected chi connectivity index (χ1v) is 7.75. The summed E-state index contributed by atoms with van der Waals surface area (Å²) in [6.45, 7) is 2.75. The smallest absolute Gasteiger partial charge is 0.271 e. The number of azide groups is 1. The molecule has 0 radical (unpaired) electrons. The van der Waals surface area contributed by atoms with Crippen LogP contribution in [0.3, 0.4) is 0 Å². The summed E-state index contributed by atoms with van der Waals surface area (Å²) < 4.78 is 17.2. The van der Waals surface area contributed by atoms with E-state index in [9.17, 15) is 4.79 Å². The molecule has 1 saturated heterocycles. The Balaban J connectivity index is 1.77. The number of anilines is 1. The van der Waals surface area contributed by atoms with Crippen molar-refractivity contribution in [3.05, 3.63) is 39.3 Å². The van der Waals surface area contributed by atoms with Crippen LogP contribution in [0.15, 0.2) is 17.3 Å². The Morgan fingerprint density at radius 3 is 3.00 bits per heavy atom. The monoisotopic (exact) mass is 328 g/mol. The highest BCUT2D eigenvalue weighted by Crippen LogP contribution is 2.44. The maximum absolute atomic E-state index is 12.1. The number of ether oxygens (including phenoxy) is 3. The van der Waals surface area contributed by atoms with E-state index >= 15 is 0 Å². The summed E-state index contributed by atoms with van der Waals surface area (Å²) in [6.07, 6.45) is 4.04. The standard InChI is InChI=1S/C16H16N4O4/c1-9(21)13-7-10-6-11(8-18-20-17)24-15(10)12-2-3-16(19-14(12)13)22-4-5-23-16/h2-3,7,11,19H,4-6,8H2,1H3. The van der Waals surface area contributed by atoms with Crippen molar-refractivity contribution in [1.29, 1.82) is 0 Å². The lowest BCUT2D eigenvalue weighted by atomic mass is 9.95. The first-order valence-electron chi connectivity index (χ1n) is 7.75. The van der Waals surface area contributed by atoms with E-state index in [1.165, 1.54) is 6.92 Å². The number of nitrogens with zero attached hydrogens (tertiary/aromatic N) is 3. The van der Waals surface area contributed by atoms with Gasteiger partial charge in [-0.1, -0.05) is 5.11 Å². The molecule has 1 fully saturated rings. The third-order valence-electron chi connectivity index (χ3n) is 4.34. The lowest BCUT2D eigenvalue weighted by Gasteiger charge is -2.31. The van der Waals surface area contributed by atoms with Crippen LogP contribution in [0.4, 0.5) is 5.69 Å². The highest BCUT2D eigenvalue weighted by Gasteiger charge is 2.40. The first-order chi connectivity index (χ1) is 11.6. The fraction of sp³-hybridized carbons (Fsp3) is 0.438. The van der Waals surface area contributed by atoms with Gasteiger partial charge in [0.2, 0.25) is 0 Å². The second kappa shape index (κ2) is 5.52. The molecule has 124 valence electrons. The summed E-state index contributed by atoms with van der Waals surface area (Å²) in [4.78, 5) is 14.9. The van der Waals surface area contributed by atoms with Gasteiger partial charge in [-0.15, -0.1) is 0 Å². The van der Waals surface area contributed by atoms with Gasteiger partial charge in [0.25, 0.3) is 5.91 Å². The van der Waals surface area contributed by atoms with Crippen molar-refractivity contribution < 1.29 is 19.0 Å². The van der Waals surface area contributed by atoms with Crippen LogP contribution in [-0.2, 0) is 15.9 Å². The molecule has 24 heavy (non-hydrogen) atoms. The minimum atomic E-state index is -1.02. The van der Waals surface area contributed by atoms with Gasteiger partial charge in [0.05, 0.1) is 25.4 Å². The Morgan fingerprint density at radius 1 is 1.50 bits per heavy atom. The Bertz CT molecular complexity index is 792. The molecule has 3 heterocycles. The lowest BCUT2D eigenvalue weighted by Crippen LogP contribution is -2.39. The predicted molar refractivity (Wildman–Crippen MR) is 85.9 cm³/mol. The van der Waals surface area contributed by atoms with Gasteiger partial charge >= 0.3 is 0 Å². The quantitative estimate of drug-likeness (QED) is 0.397. The third kappa shape index (κ3) is 2.32. The van der Waals surface area contributed by atoms with Gasteiger partial charge in [0.15, 0.2) is 5.78 Å². The van der Waals surface area contributed by atoms with Crippen molar-refractivity contribution in [1.82, 2.24) is 0 Å². The zero-order valence-electron chi connectivity index (χ0n) is 13.1. The number of hydrogen-bond acceptors (Lipinski definition) is 6. The molecule has 0 aliphatic carbocycles. The number of carbonyl (C=O) groups is 1. The number of nitrogens with one attached hydrogen (secondary N) is 1. The minimum Gasteiger partial charge on any atom is -0.489 e. The lowest BCUT2D eigenvalue weighted by molar-refractivity contribution is -0.0913. The maximum Gasteiger partial charge on any atom is 0.271 e. The molecule has 0 bridgehead atoms. The average molecular weight is 328 g/mol. The van der Waals surface area contributed by atoms with Crippen molar-refractivity contribution in [3.63, 3.8) is 0 Å². The molecule has 3 aliphatic heterocycles. The van der Waals surface area contributed by atoms with Crippen molar-refractivity contribution in [2.24, 2.45) is 5.11 Å². The Morgan fingerprint density at radius 2 is 2.29 bits per heavy atom. The molecule has 8 nitrogen and oxygen atoms in total. The molecule has 4 rings (SSSR count). The predicted octanol–water partition coefficient (Wildman–Crippen LogP) is 2.64. The van der Waals surface area contributed by atoms with Crippen molar-refractivity contribution in [3.8, 4) is 5.75 Å². The van der Waals surface area contributed by atoms with E-state index in [4.69, 9.17) is 19.7 Å². The number of benzene rings is 1. The van der Waals surface area contributed by atoms with Gasteiger partial charge in [0, 0.05) is 22.5 Å². The van der Waals surface area contributed by atoms with Gasteiger partial charge in [-0.25, -0.2) is 0 Å². The molecule has 1 unspecified atom stereocenters. The summed E-state index contributed by atoms with van der Waals surface area (Å²) >= 11 is 0. The number of Topliss-reactive ketones (excluding diaryl/α,β-unsaturated/α-hetero) is 1. The van der Waals surface area contributed by atoms with Crippen LogP contribution < -0.4 is 10.1 Å². The molecule has 3 aliphatic rings. The molecule has 1 atom stereocenters. The molecular formula is C16H16N4O4. The Hall–Kier alpha value is -2.54. The summed E-state index contributed by atoms with van der Waals surface area (Å²) in [7, 11) is 0. The normalized spacial score (nSPS) is 22.3. The van der Waals surface area contributed by atoms with E-state index in [1.807, 2.05) is 12.1 Å². The van der Waals surface area contributed by atoms with Crippen LogP contribution in [-0.4, -0.2) is 37.6 Å². The fourth-order valence-electron chi connectivity index (χ4n) is 3.29. The average Bonchev–Trinajstić information content (AvgIpc) is 3.18. The summed E-state index contributed by atoms with van der Waals surface area (Å²) in [5, 5.41) is 6.78. The molecule has 0 saturated carbocycles. The molecule has 0 amide bonds. The van der Waals surface area contributed by atoms with E-state index in [1.54, 1.807) is 6.08 Å². The molecular weight excluding hydrogens is 312 g/mol. The van der Waals surface area contributed by atoms with E-state index in [0.29, 0.717) is 36.6 Å². The van der Waals surface area contributed by atoms with Crippen LogP contribution in [0, 0.1) is 0 Å². The largest absolute Gasteiger partial charge is 0.489 e. The topological polar surface area (TPSA) is 106 Å². The SMILES string of the molecule is CC(=O)c1cc2c(c3c1NC1(C=C3)OCCO1)OC(CN=[N+]=[N-])C2. The maximum atomic E-state index is 12.1. The number of rotatable bonds is 3. The molecule has 0 aromatic heterocycles. The Labute approximate surface area is 138 Å². The zero-order chi connectivity index (χ0) is 16.7. The van der Waals surface area contributed by atoms with Crippen molar-refractivity contribution in [2.75, 3.05) is 25.1 Å². The van der Waals surface area contributed by atoms with E-state index in [0.717, 1.165) is 11.1 Å². The molecule has 1 aromatic rings. The van der Waals surface area contributed by atoms with Crippen LogP contribution in [0.2, 0.25) is 0 Å². The fourth-order valence-corrected chi connectivity index (χ4v) is 3.29. The van der Waals surface area contributed by atoms with Crippen LogP contribution in [0.5, 0.6) is 5.75 Å². The summed E-state index contributed by atoms with van der Waals surface area (Å²) in [6, 6.07) is 1.83. The zero-order valence-corrected chi connectivity index (χ0v) is 13.1. The molecule has 1 spiro atoms. The van der Waals surface area contributed by atoms with Gasteiger partial charge in [-0.2, -0.15) is 0 Å². The van der Waals surface area contributed by atoms with E-state index in [-0.39, 0.29) is 18.4 Å². The van der Waals surface area contributed by atoms with Gasteiger partial charge in [-0.3, -0.25) is 4.79 Å². The molecule has 1 aromatic carbocycles. The summed E-state index contributed by atoms with van der Waals surface area (Å²) in [5.74, 6) is -0.359. The van der Waals surface area contributed by atoms with Gasteiger partial charge in [0.1, 0.15) is 11.9 Å². The summed E-state index contributed by atoms with van der Waals surface area (Å²) in [5.41, 5.74) is 11.4. The molecule has 1 N–H and O–H groups in total. The molecule has 8 heteroatoms. The second-order valence-corrected chi connectivity index (χ2v) is 5.94. The van der Waals surface area contributed by atoms with Crippen LogP contribution in [0.25, 0.3) is 16.5 Å². The van der Waals surface area contributed by atoms with E-state index < -0.39 is 5.91 Å². The minimum absolute atomic E-state index is 0.0523. The second-order valence-electron chi connectivity index (χ2n) is 5.94. The number of fused-ring (bicyclic) bond motifs is 3. The number of ketones is 1. The van der Waals surface area contributed by atoms with E-state index in [2.05, 4.69) is 15.3 Å². The highest BCUT2D eigenvalue weighted by molar-refractivity contribution is 6.03.